The van der Waals surface area contributed by atoms with Gasteiger partial charge in [0.15, 0.2) is 5.82 Å². The van der Waals surface area contributed by atoms with Crippen LogP contribution in [0.15, 0.2) is 22.7 Å². The Bertz CT molecular complexity index is 557. The van der Waals surface area contributed by atoms with Crippen molar-refractivity contribution in [2.75, 3.05) is 6.54 Å². The van der Waals surface area contributed by atoms with E-state index < -0.39 is 0 Å². The van der Waals surface area contributed by atoms with Crippen molar-refractivity contribution in [3.8, 4) is 5.69 Å². The molecule has 0 aliphatic carbocycles. The summed E-state index contributed by atoms with van der Waals surface area (Å²) in [5.41, 5.74) is 0.714. The molecular formula is C12H15BrFN5. The summed E-state index contributed by atoms with van der Waals surface area (Å²) in [6.45, 7) is 4.98. The number of halogens is 2. The molecule has 0 fully saturated rings. The number of aromatic nitrogens is 4. The van der Waals surface area contributed by atoms with E-state index in [-0.39, 0.29) is 11.9 Å². The van der Waals surface area contributed by atoms with E-state index in [4.69, 9.17) is 0 Å². The van der Waals surface area contributed by atoms with E-state index in [9.17, 15) is 4.39 Å². The molecule has 19 heavy (non-hydrogen) atoms. The van der Waals surface area contributed by atoms with Crippen molar-refractivity contribution in [2.24, 2.45) is 0 Å². The first kappa shape index (κ1) is 14.1. The van der Waals surface area contributed by atoms with Gasteiger partial charge in [-0.15, -0.1) is 5.10 Å². The highest BCUT2D eigenvalue weighted by molar-refractivity contribution is 9.10. The third kappa shape index (κ3) is 3.16. The Morgan fingerprint density at radius 2 is 2.26 bits per heavy atom. The molecule has 2 rings (SSSR count). The van der Waals surface area contributed by atoms with Gasteiger partial charge in [-0.2, -0.15) is 4.68 Å². The van der Waals surface area contributed by atoms with Crippen LogP contribution in [0.3, 0.4) is 0 Å². The second kappa shape index (κ2) is 6.21. The van der Waals surface area contributed by atoms with Crippen molar-refractivity contribution in [1.29, 1.82) is 0 Å². The number of benzene rings is 1. The number of tetrazole rings is 1. The van der Waals surface area contributed by atoms with Crippen molar-refractivity contribution < 1.29 is 4.39 Å². The normalized spacial score (nSPS) is 12.6. The summed E-state index contributed by atoms with van der Waals surface area (Å²) >= 11 is 3.33. The van der Waals surface area contributed by atoms with E-state index in [0.29, 0.717) is 16.0 Å². The molecule has 0 spiro atoms. The van der Waals surface area contributed by atoms with Crippen molar-refractivity contribution >= 4 is 15.9 Å². The second-order valence-corrected chi connectivity index (χ2v) is 5.07. The van der Waals surface area contributed by atoms with Crippen LogP contribution in [0.2, 0.25) is 0 Å². The molecule has 7 heteroatoms. The summed E-state index contributed by atoms with van der Waals surface area (Å²) in [7, 11) is 0. The van der Waals surface area contributed by atoms with E-state index in [1.165, 1.54) is 12.1 Å². The highest BCUT2D eigenvalue weighted by atomic mass is 79.9. The Morgan fingerprint density at radius 1 is 1.47 bits per heavy atom. The average molecular weight is 328 g/mol. The molecule has 1 aromatic carbocycles. The molecule has 0 aliphatic heterocycles. The van der Waals surface area contributed by atoms with Gasteiger partial charge in [0.25, 0.3) is 0 Å². The lowest BCUT2D eigenvalue weighted by molar-refractivity contribution is 0.530. The minimum atomic E-state index is -0.303. The van der Waals surface area contributed by atoms with Gasteiger partial charge in [-0.3, -0.25) is 0 Å². The van der Waals surface area contributed by atoms with E-state index >= 15 is 0 Å². The maximum atomic E-state index is 13.1. The Balaban J connectivity index is 2.33. The maximum absolute atomic E-state index is 13.1. The van der Waals surface area contributed by atoms with E-state index in [1.807, 2.05) is 6.92 Å². The van der Waals surface area contributed by atoms with Crippen molar-refractivity contribution in [3.05, 3.63) is 34.3 Å². The summed E-state index contributed by atoms with van der Waals surface area (Å²) in [4.78, 5) is 0. The predicted molar refractivity (Wildman–Crippen MR) is 73.5 cm³/mol. The van der Waals surface area contributed by atoms with Crippen LogP contribution in [-0.2, 0) is 0 Å². The van der Waals surface area contributed by atoms with Crippen LogP contribution in [-0.4, -0.2) is 26.8 Å². The first-order chi connectivity index (χ1) is 9.13. The van der Waals surface area contributed by atoms with Crippen LogP contribution in [0.25, 0.3) is 5.69 Å². The van der Waals surface area contributed by atoms with Crippen molar-refractivity contribution in [3.63, 3.8) is 0 Å². The largest absolute Gasteiger partial charge is 0.307 e. The summed E-state index contributed by atoms with van der Waals surface area (Å²) in [6.07, 6.45) is 1.03. The number of nitrogens with zero attached hydrogens (tertiary/aromatic N) is 4. The van der Waals surface area contributed by atoms with Crippen molar-refractivity contribution in [1.82, 2.24) is 25.5 Å². The van der Waals surface area contributed by atoms with Crippen LogP contribution in [0.4, 0.5) is 4.39 Å². The minimum absolute atomic E-state index is 0.0203. The van der Waals surface area contributed by atoms with Gasteiger partial charge in [0, 0.05) is 4.47 Å². The lowest BCUT2D eigenvalue weighted by atomic mass is 10.2. The molecule has 1 N–H and O–H groups in total. The fourth-order valence-corrected chi connectivity index (χ4v) is 2.26. The van der Waals surface area contributed by atoms with Gasteiger partial charge in [0.05, 0.1) is 11.7 Å². The molecule has 1 heterocycles. The van der Waals surface area contributed by atoms with Gasteiger partial charge in [-0.05, 0) is 64.4 Å². The molecule has 1 aromatic heterocycles. The molecule has 0 aliphatic rings. The number of rotatable bonds is 5. The number of nitrogens with one attached hydrogen (secondary N) is 1. The van der Waals surface area contributed by atoms with Crippen LogP contribution in [0.5, 0.6) is 0 Å². The molecule has 102 valence electrons. The lowest BCUT2D eigenvalue weighted by Gasteiger charge is -2.13. The zero-order valence-electron chi connectivity index (χ0n) is 10.8. The Morgan fingerprint density at radius 3 is 2.95 bits per heavy atom. The SMILES string of the molecule is CCCNC(C)c1nnnn1-c1ccc(F)cc1Br. The average Bonchev–Trinajstić information content (AvgIpc) is 2.85. The fraction of sp³-hybridized carbons (Fsp3) is 0.417. The van der Waals surface area contributed by atoms with Gasteiger partial charge >= 0.3 is 0 Å². The summed E-state index contributed by atoms with van der Waals surface area (Å²) < 4.78 is 15.3. The first-order valence-corrected chi connectivity index (χ1v) is 6.90. The summed E-state index contributed by atoms with van der Waals surface area (Å²) in [5, 5.41) is 15.0. The fourth-order valence-electron chi connectivity index (χ4n) is 1.74. The first-order valence-electron chi connectivity index (χ1n) is 6.10. The molecule has 0 saturated carbocycles. The quantitative estimate of drug-likeness (QED) is 0.917. The van der Waals surface area contributed by atoms with E-state index in [1.54, 1.807) is 10.7 Å². The van der Waals surface area contributed by atoms with Gasteiger partial charge < -0.3 is 5.32 Å². The molecule has 0 amide bonds. The molecule has 1 atom stereocenters. The second-order valence-electron chi connectivity index (χ2n) is 4.22. The molecule has 0 saturated heterocycles. The molecule has 5 nitrogen and oxygen atoms in total. The smallest absolute Gasteiger partial charge is 0.173 e. The van der Waals surface area contributed by atoms with Crippen LogP contribution in [0.1, 0.15) is 32.1 Å². The highest BCUT2D eigenvalue weighted by Crippen LogP contribution is 2.23. The lowest BCUT2D eigenvalue weighted by Crippen LogP contribution is -2.22. The van der Waals surface area contributed by atoms with Crippen LogP contribution >= 0.6 is 15.9 Å². The van der Waals surface area contributed by atoms with Gasteiger partial charge in [-0.1, -0.05) is 6.92 Å². The molecule has 0 bridgehead atoms. The van der Waals surface area contributed by atoms with Crippen LogP contribution < -0.4 is 5.32 Å². The summed E-state index contributed by atoms with van der Waals surface area (Å²) in [5.74, 6) is 0.392. The van der Waals surface area contributed by atoms with E-state index in [0.717, 1.165) is 13.0 Å². The third-order valence-electron chi connectivity index (χ3n) is 2.72. The Hall–Kier alpha value is -1.34. The maximum Gasteiger partial charge on any atom is 0.173 e. The zero-order valence-corrected chi connectivity index (χ0v) is 12.4. The van der Waals surface area contributed by atoms with Crippen molar-refractivity contribution in [2.45, 2.75) is 26.3 Å². The highest BCUT2D eigenvalue weighted by Gasteiger charge is 2.16. The molecule has 2 aromatic rings. The number of hydrogen-bond acceptors (Lipinski definition) is 4. The van der Waals surface area contributed by atoms with Gasteiger partial charge in [0.1, 0.15) is 5.82 Å². The summed E-state index contributed by atoms with van der Waals surface area (Å²) in [6, 6.07) is 4.44. The monoisotopic (exact) mass is 327 g/mol. The van der Waals surface area contributed by atoms with Gasteiger partial charge in [0.2, 0.25) is 0 Å². The minimum Gasteiger partial charge on any atom is -0.307 e. The number of hydrogen-bond donors (Lipinski definition) is 1. The zero-order chi connectivity index (χ0) is 13.8. The standard InChI is InChI=1S/C12H15BrFN5/c1-3-6-15-8(2)12-16-17-18-19(12)11-5-4-9(14)7-10(11)13/h4-5,7-8,15H,3,6H2,1-2H3. The Labute approximate surface area is 119 Å². The molecule has 0 radical (unpaired) electrons. The third-order valence-corrected chi connectivity index (χ3v) is 3.35. The topological polar surface area (TPSA) is 55.6 Å². The van der Waals surface area contributed by atoms with E-state index in [2.05, 4.69) is 43.7 Å². The molecular weight excluding hydrogens is 313 g/mol. The molecule has 1 unspecified atom stereocenters. The Kier molecular flexibility index (Phi) is 4.60. The van der Waals surface area contributed by atoms with Crippen LogP contribution in [0, 0.1) is 5.82 Å². The van der Waals surface area contributed by atoms with Gasteiger partial charge in [-0.25, -0.2) is 4.39 Å². The predicted octanol–water partition coefficient (Wildman–Crippen LogP) is 2.62.